The quantitative estimate of drug-likeness (QED) is 0.213. The first-order chi connectivity index (χ1) is 16.8. The molecule has 0 fully saturated rings. The Morgan fingerprint density at radius 1 is 0.765 bits per heavy atom. The van der Waals surface area contributed by atoms with Crippen LogP contribution in [0.4, 0.5) is 0 Å². The highest BCUT2D eigenvalue weighted by Crippen LogP contribution is 2.21. The van der Waals surface area contributed by atoms with Crippen molar-refractivity contribution in [1.82, 2.24) is 14.5 Å². The Morgan fingerprint density at radius 3 is 2.26 bits per heavy atom. The predicted molar refractivity (Wildman–Crippen MR) is 141 cm³/mol. The molecule has 0 aliphatic rings. The molecule has 3 aromatic carbocycles. The molecule has 1 aromatic heterocycles. The van der Waals surface area contributed by atoms with Crippen LogP contribution in [0.2, 0.25) is 0 Å². The number of hydrogen-bond acceptors (Lipinski definition) is 3. The second-order valence-corrected chi connectivity index (χ2v) is 9.00. The van der Waals surface area contributed by atoms with Crippen LogP contribution >= 0.6 is 0 Å². The van der Waals surface area contributed by atoms with Crippen LogP contribution in [0.3, 0.4) is 0 Å². The Labute approximate surface area is 204 Å². The minimum absolute atomic E-state index is 0.594. The van der Waals surface area contributed by atoms with E-state index in [0.29, 0.717) is 6.61 Å². The Balaban J connectivity index is 1.45. The van der Waals surface area contributed by atoms with E-state index in [1.807, 2.05) is 18.2 Å². The summed E-state index contributed by atoms with van der Waals surface area (Å²) in [7, 11) is 0. The van der Waals surface area contributed by atoms with Gasteiger partial charge in [-0.15, -0.1) is 0 Å². The van der Waals surface area contributed by atoms with E-state index in [1.54, 1.807) is 0 Å². The van der Waals surface area contributed by atoms with E-state index < -0.39 is 0 Å². The van der Waals surface area contributed by atoms with E-state index in [9.17, 15) is 0 Å². The van der Waals surface area contributed by atoms with Gasteiger partial charge >= 0.3 is 0 Å². The van der Waals surface area contributed by atoms with Crippen LogP contribution in [0.5, 0.6) is 5.75 Å². The summed E-state index contributed by atoms with van der Waals surface area (Å²) in [5.41, 5.74) is 4.84. The lowest BCUT2D eigenvalue weighted by Gasteiger charge is -2.23. The first kappa shape index (κ1) is 24.0. The topological polar surface area (TPSA) is 30.3 Å². The zero-order valence-electron chi connectivity index (χ0n) is 20.6. The van der Waals surface area contributed by atoms with E-state index in [2.05, 4.69) is 84.0 Å². The maximum atomic E-state index is 5.97. The highest BCUT2D eigenvalue weighted by atomic mass is 16.5. The van der Waals surface area contributed by atoms with Gasteiger partial charge in [-0.1, -0.05) is 81.3 Å². The third-order valence-corrected chi connectivity index (χ3v) is 6.24. The molecule has 0 radical (unpaired) electrons. The zero-order chi connectivity index (χ0) is 23.6. The average Bonchev–Trinajstić information content (AvgIpc) is 3.23. The van der Waals surface area contributed by atoms with Crippen molar-refractivity contribution in [3.8, 4) is 5.75 Å². The second-order valence-electron chi connectivity index (χ2n) is 9.00. The van der Waals surface area contributed by atoms with Gasteiger partial charge in [0, 0.05) is 13.1 Å². The number of aromatic nitrogens is 2. The van der Waals surface area contributed by atoms with Crippen molar-refractivity contribution in [3.05, 3.63) is 95.8 Å². The van der Waals surface area contributed by atoms with Crippen molar-refractivity contribution in [2.45, 2.75) is 65.8 Å². The lowest BCUT2D eigenvalue weighted by Crippen LogP contribution is -2.26. The number of rotatable bonds is 13. The van der Waals surface area contributed by atoms with E-state index >= 15 is 0 Å². The molecule has 4 nitrogen and oxygen atoms in total. The van der Waals surface area contributed by atoms with Gasteiger partial charge in [0.2, 0.25) is 0 Å². The molecule has 34 heavy (non-hydrogen) atoms. The van der Waals surface area contributed by atoms with Crippen LogP contribution in [0.15, 0.2) is 78.9 Å². The summed E-state index contributed by atoms with van der Waals surface area (Å²) in [6, 6.07) is 27.4. The van der Waals surface area contributed by atoms with Gasteiger partial charge in [-0.05, 0) is 54.8 Å². The third-order valence-electron chi connectivity index (χ3n) is 6.24. The van der Waals surface area contributed by atoms with Crippen molar-refractivity contribution in [1.29, 1.82) is 0 Å². The van der Waals surface area contributed by atoms with Crippen LogP contribution in [-0.2, 0) is 26.2 Å². The smallest absolute Gasteiger partial charge is 0.124 e. The molecule has 4 rings (SSSR count). The Hall–Kier alpha value is -3.11. The van der Waals surface area contributed by atoms with Gasteiger partial charge in [0.1, 0.15) is 18.2 Å². The first-order valence-corrected chi connectivity index (χ1v) is 12.7. The van der Waals surface area contributed by atoms with Crippen molar-refractivity contribution in [2.24, 2.45) is 0 Å². The molecule has 0 saturated carbocycles. The molecule has 0 atom stereocenters. The van der Waals surface area contributed by atoms with Crippen LogP contribution in [0.1, 0.15) is 56.5 Å². The molecule has 0 aliphatic carbocycles. The standard InChI is InChI=1S/C30H37N3O/c1-3-5-20-32(23-30-31-28-14-10-11-15-29(28)33(30)21-6-4-2)22-25-16-18-27(19-17-25)34-24-26-12-8-7-9-13-26/h7-19H,3-6,20-24H2,1-2H3. The maximum absolute atomic E-state index is 5.97. The summed E-state index contributed by atoms with van der Waals surface area (Å²) in [6.07, 6.45) is 4.74. The number of fused-ring (bicyclic) bond motifs is 1. The molecule has 0 unspecified atom stereocenters. The fraction of sp³-hybridized carbons (Fsp3) is 0.367. The molecule has 4 aromatic rings. The van der Waals surface area contributed by atoms with E-state index in [1.165, 1.54) is 48.2 Å². The number of benzene rings is 3. The molecule has 0 saturated heterocycles. The number of ether oxygens (including phenoxy) is 1. The number of aryl methyl sites for hydroxylation is 1. The van der Waals surface area contributed by atoms with Crippen molar-refractivity contribution in [3.63, 3.8) is 0 Å². The van der Waals surface area contributed by atoms with Gasteiger partial charge in [0.25, 0.3) is 0 Å². The predicted octanol–water partition coefficient (Wildman–Crippen LogP) is 7.22. The Bertz CT molecular complexity index is 1130. The zero-order valence-corrected chi connectivity index (χ0v) is 20.6. The van der Waals surface area contributed by atoms with Crippen LogP contribution < -0.4 is 4.74 Å². The van der Waals surface area contributed by atoms with Gasteiger partial charge in [-0.2, -0.15) is 0 Å². The third kappa shape index (κ3) is 6.48. The summed E-state index contributed by atoms with van der Waals surface area (Å²) in [5, 5.41) is 0. The molecule has 0 amide bonds. The van der Waals surface area contributed by atoms with E-state index in [-0.39, 0.29) is 0 Å². The number of nitrogens with zero attached hydrogens (tertiary/aromatic N) is 3. The molecule has 1 heterocycles. The van der Waals surface area contributed by atoms with Crippen LogP contribution in [0.25, 0.3) is 11.0 Å². The Morgan fingerprint density at radius 2 is 1.50 bits per heavy atom. The van der Waals surface area contributed by atoms with Crippen LogP contribution in [-0.4, -0.2) is 21.0 Å². The molecule has 178 valence electrons. The molecular weight excluding hydrogens is 418 g/mol. The SMILES string of the molecule is CCCCN(Cc1ccc(OCc2ccccc2)cc1)Cc1nc2ccccc2n1CCCC. The molecule has 4 heteroatoms. The van der Waals surface area contributed by atoms with Crippen molar-refractivity contribution in [2.75, 3.05) is 6.54 Å². The summed E-state index contributed by atoms with van der Waals surface area (Å²) in [5.74, 6) is 2.09. The van der Waals surface area contributed by atoms with Gasteiger partial charge < -0.3 is 9.30 Å². The number of hydrogen-bond donors (Lipinski definition) is 0. The van der Waals surface area contributed by atoms with Crippen molar-refractivity contribution < 1.29 is 4.74 Å². The number of unbranched alkanes of at least 4 members (excludes halogenated alkanes) is 2. The summed E-state index contributed by atoms with van der Waals surface area (Å²) < 4.78 is 8.40. The average molecular weight is 456 g/mol. The molecular formula is C30H37N3O. The van der Waals surface area contributed by atoms with Crippen molar-refractivity contribution >= 4 is 11.0 Å². The second kappa shape index (κ2) is 12.4. The van der Waals surface area contributed by atoms with Gasteiger partial charge in [0.15, 0.2) is 0 Å². The lowest BCUT2D eigenvalue weighted by molar-refractivity contribution is 0.242. The van der Waals surface area contributed by atoms with Gasteiger partial charge in [-0.25, -0.2) is 4.98 Å². The molecule has 0 spiro atoms. The highest BCUT2D eigenvalue weighted by molar-refractivity contribution is 5.75. The van der Waals surface area contributed by atoms with E-state index in [0.717, 1.165) is 37.4 Å². The number of para-hydroxylation sites is 2. The summed E-state index contributed by atoms with van der Waals surface area (Å²) >= 11 is 0. The largest absolute Gasteiger partial charge is 0.489 e. The minimum Gasteiger partial charge on any atom is -0.489 e. The fourth-order valence-electron chi connectivity index (χ4n) is 4.30. The number of imidazole rings is 1. The van der Waals surface area contributed by atoms with Crippen LogP contribution in [0, 0.1) is 0 Å². The fourth-order valence-corrected chi connectivity index (χ4v) is 4.30. The highest BCUT2D eigenvalue weighted by Gasteiger charge is 2.15. The monoisotopic (exact) mass is 455 g/mol. The van der Waals surface area contributed by atoms with Gasteiger partial charge in [0.05, 0.1) is 17.6 Å². The normalized spacial score (nSPS) is 11.4. The Kier molecular flexibility index (Phi) is 8.75. The molecule has 0 aliphatic heterocycles. The minimum atomic E-state index is 0.594. The lowest BCUT2D eigenvalue weighted by atomic mass is 10.2. The summed E-state index contributed by atoms with van der Waals surface area (Å²) in [4.78, 5) is 7.56. The molecule has 0 bridgehead atoms. The molecule has 0 N–H and O–H groups in total. The maximum Gasteiger partial charge on any atom is 0.124 e. The summed E-state index contributed by atoms with van der Waals surface area (Å²) in [6.45, 7) is 8.98. The van der Waals surface area contributed by atoms with E-state index in [4.69, 9.17) is 9.72 Å². The van der Waals surface area contributed by atoms with Gasteiger partial charge in [-0.3, -0.25) is 4.90 Å². The first-order valence-electron chi connectivity index (χ1n) is 12.7.